The van der Waals surface area contributed by atoms with Gasteiger partial charge in [0.25, 0.3) is 0 Å². The van der Waals surface area contributed by atoms with Crippen molar-refractivity contribution in [2.75, 3.05) is 33.4 Å². The van der Waals surface area contributed by atoms with Gasteiger partial charge in [-0.05, 0) is 31.4 Å². The number of likely N-dealkylation sites (tertiary alicyclic amines) is 1. The highest BCUT2D eigenvalue weighted by molar-refractivity contribution is 5.76. The number of carbonyl (C=O) groups is 1. The molecule has 0 aliphatic carbocycles. The van der Waals surface area contributed by atoms with Gasteiger partial charge in [-0.15, -0.1) is 0 Å². The first-order valence-electron chi connectivity index (χ1n) is 9.16. The Kier molecular flexibility index (Phi) is 4.65. The number of hydrogen-bond acceptors (Lipinski definition) is 6. The van der Waals surface area contributed by atoms with Crippen LogP contribution >= 0.6 is 0 Å². The van der Waals surface area contributed by atoms with Gasteiger partial charge >= 0.3 is 5.97 Å². The second-order valence-corrected chi connectivity index (χ2v) is 7.39. The van der Waals surface area contributed by atoms with Gasteiger partial charge in [0.2, 0.25) is 5.89 Å². The molecule has 2 aromatic rings. The van der Waals surface area contributed by atoms with Crippen molar-refractivity contribution in [3.05, 3.63) is 35.7 Å². The number of hydrogen-bond donors (Lipinski definition) is 1. The van der Waals surface area contributed by atoms with E-state index in [0.717, 1.165) is 30.0 Å². The number of para-hydroxylation sites is 1. The molecule has 1 N–H and O–H groups in total. The standard InChI is InChI=1S/C20H24N2O5/c1-13-16(21-18(27-13)15-5-3-4-6-17(15)25-2)10-22-9-14-7-8-26-12-20(14,11-22)19(23)24/h3-6,14H,7-12H2,1-2H3,(H,23,24)/t14-,20+/m0/s1. The number of rotatable bonds is 5. The molecule has 0 unspecified atom stereocenters. The van der Waals surface area contributed by atoms with E-state index in [9.17, 15) is 9.90 Å². The van der Waals surface area contributed by atoms with Crippen LogP contribution in [-0.2, 0) is 16.1 Å². The molecule has 1 aromatic carbocycles. The lowest BCUT2D eigenvalue weighted by atomic mass is 9.76. The number of aryl methyl sites for hydroxylation is 1. The molecule has 4 rings (SSSR count). The van der Waals surface area contributed by atoms with Crippen LogP contribution in [0.1, 0.15) is 17.9 Å². The first-order valence-corrected chi connectivity index (χ1v) is 9.16. The Balaban J connectivity index is 1.56. The molecule has 1 aromatic heterocycles. The third-order valence-electron chi connectivity index (χ3n) is 5.77. The topological polar surface area (TPSA) is 85.0 Å². The lowest BCUT2D eigenvalue weighted by Gasteiger charge is -2.34. The van der Waals surface area contributed by atoms with E-state index < -0.39 is 11.4 Å². The molecule has 0 radical (unpaired) electrons. The van der Waals surface area contributed by atoms with Crippen LogP contribution in [0, 0.1) is 18.3 Å². The van der Waals surface area contributed by atoms with Crippen molar-refractivity contribution in [3.8, 4) is 17.2 Å². The van der Waals surface area contributed by atoms with Crippen LogP contribution in [0.4, 0.5) is 0 Å². The van der Waals surface area contributed by atoms with E-state index in [0.29, 0.717) is 31.3 Å². The number of methoxy groups -OCH3 is 1. The van der Waals surface area contributed by atoms with E-state index in [4.69, 9.17) is 13.9 Å². The highest BCUT2D eigenvalue weighted by atomic mass is 16.5. The quantitative estimate of drug-likeness (QED) is 0.863. The van der Waals surface area contributed by atoms with Crippen LogP contribution in [0.3, 0.4) is 0 Å². The normalized spacial score (nSPS) is 25.3. The van der Waals surface area contributed by atoms with Crippen molar-refractivity contribution in [2.24, 2.45) is 11.3 Å². The van der Waals surface area contributed by atoms with E-state index >= 15 is 0 Å². The zero-order chi connectivity index (χ0) is 19.0. The Labute approximate surface area is 157 Å². The van der Waals surface area contributed by atoms with Crippen LogP contribution in [-0.4, -0.2) is 54.4 Å². The molecule has 2 aliphatic heterocycles. The number of benzene rings is 1. The Bertz CT molecular complexity index is 849. The summed E-state index contributed by atoms with van der Waals surface area (Å²) in [6.07, 6.45) is 0.785. The summed E-state index contributed by atoms with van der Waals surface area (Å²) in [5.74, 6) is 1.32. The molecule has 144 valence electrons. The zero-order valence-corrected chi connectivity index (χ0v) is 15.6. The smallest absolute Gasteiger partial charge is 0.313 e. The largest absolute Gasteiger partial charge is 0.496 e. The molecule has 27 heavy (non-hydrogen) atoms. The predicted octanol–water partition coefficient (Wildman–Crippen LogP) is 2.58. The third-order valence-corrected chi connectivity index (χ3v) is 5.77. The lowest BCUT2D eigenvalue weighted by molar-refractivity contribution is -0.159. The SMILES string of the molecule is COc1ccccc1-c1nc(CN2C[C@@H]3CCOC[C@]3(C(=O)O)C2)c(C)o1. The molecular weight excluding hydrogens is 348 g/mol. The minimum Gasteiger partial charge on any atom is -0.496 e. The molecule has 2 atom stereocenters. The first kappa shape index (κ1) is 18.0. The van der Waals surface area contributed by atoms with Crippen molar-refractivity contribution in [1.29, 1.82) is 0 Å². The zero-order valence-electron chi connectivity index (χ0n) is 15.6. The summed E-state index contributed by atoms with van der Waals surface area (Å²) in [6, 6.07) is 7.60. The summed E-state index contributed by atoms with van der Waals surface area (Å²) in [6.45, 7) is 4.59. The monoisotopic (exact) mass is 372 g/mol. The van der Waals surface area contributed by atoms with Gasteiger partial charge in [-0.25, -0.2) is 4.98 Å². The summed E-state index contributed by atoms with van der Waals surface area (Å²) in [7, 11) is 1.62. The molecule has 0 saturated carbocycles. The van der Waals surface area contributed by atoms with Gasteiger partial charge in [0.05, 0.1) is 25.0 Å². The van der Waals surface area contributed by atoms with Crippen molar-refractivity contribution in [1.82, 2.24) is 9.88 Å². The minimum absolute atomic E-state index is 0.115. The van der Waals surface area contributed by atoms with E-state index in [1.165, 1.54) is 0 Å². The van der Waals surface area contributed by atoms with Gasteiger partial charge in [-0.2, -0.15) is 0 Å². The summed E-state index contributed by atoms with van der Waals surface area (Å²) in [5.41, 5.74) is 0.831. The van der Waals surface area contributed by atoms with Crippen LogP contribution in [0.2, 0.25) is 0 Å². The number of fused-ring (bicyclic) bond motifs is 1. The number of oxazole rings is 1. The summed E-state index contributed by atoms with van der Waals surface area (Å²) >= 11 is 0. The molecule has 0 spiro atoms. The summed E-state index contributed by atoms with van der Waals surface area (Å²) < 4.78 is 16.8. The van der Waals surface area contributed by atoms with E-state index in [1.807, 2.05) is 31.2 Å². The third kappa shape index (κ3) is 3.11. The fourth-order valence-corrected chi connectivity index (χ4v) is 4.24. The number of nitrogens with zero attached hydrogens (tertiary/aromatic N) is 2. The van der Waals surface area contributed by atoms with Crippen molar-refractivity contribution in [3.63, 3.8) is 0 Å². The molecule has 0 bridgehead atoms. The van der Waals surface area contributed by atoms with Gasteiger partial charge in [0, 0.05) is 26.2 Å². The van der Waals surface area contributed by atoms with Crippen molar-refractivity contribution >= 4 is 5.97 Å². The van der Waals surface area contributed by atoms with Crippen LogP contribution in [0.5, 0.6) is 5.75 Å². The Hall–Kier alpha value is -2.38. The second kappa shape index (κ2) is 6.98. The number of carboxylic acid groups (broad SMARTS) is 1. The summed E-state index contributed by atoms with van der Waals surface area (Å²) in [4.78, 5) is 18.8. The van der Waals surface area contributed by atoms with Gasteiger partial charge in [-0.1, -0.05) is 12.1 Å². The maximum absolute atomic E-state index is 11.9. The Morgan fingerprint density at radius 3 is 3.00 bits per heavy atom. The van der Waals surface area contributed by atoms with Gasteiger partial charge in [0.1, 0.15) is 16.9 Å². The first-order chi connectivity index (χ1) is 13.0. The van der Waals surface area contributed by atoms with Crippen molar-refractivity contribution in [2.45, 2.75) is 19.9 Å². The number of aliphatic carboxylic acids is 1. The number of ether oxygens (including phenoxy) is 2. The summed E-state index contributed by atoms with van der Waals surface area (Å²) in [5, 5.41) is 9.79. The van der Waals surface area contributed by atoms with Gasteiger partial charge in [-0.3, -0.25) is 9.69 Å². The predicted molar refractivity (Wildman–Crippen MR) is 97.5 cm³/mol. The molecule has 7 nitrogen and oxygen atoms in total. The molecule has 3 heterocycles. The highest BCUT2D eigenvalue weighted by Gasteiger charge is 2.54. The fraction of sp³-hybridized carbons (Fsp3) is 0.500. The molecule has 0 amide bonds. The minimum atomic E-state index is -0.804. The highest BCUT2D eigenvalue weighted by Crippen LogP contribution is 2.42. The van der Waals surface area contributed by atoms with E-state index in [2.05, 4.69) is 9.88 Å². The molecule has 2 saturated heterocycles. The molecule has 7 heteroatoms. The second-order valence-electron chi connectivity index (χ2n) is 7.39. The maximum atomic E-state index is 11.9. The van der Waals surface area contributed by atoms with Crippen LogP contribution in [0.15, 0.2) is 28.7 Å². The van der Waals surface area contributed by atoms with Crippen LogP contribution in [0.25, 0.3) is 11.5 Å². The average molecular weight is 372 g/mol. The number of aromatic nitrogens is 1. The fourth-order valence-electron chi connectivity index (χ4n) is 4.24. The molecule has 2 aliphatic rings. The maximum Gasteiger partial charge on any atom is 0.313 e. The van der Waals surface area contributed by atoms with E-state index in [-0.39, 0.29) is 12.5 Å². The van der Waals surface area contributed by atoms with Crippen molar-refractivity contribution < 1.29 is 23.8 Å². The average Bonchev–Trinajstić information content (AvgIpc) is 3.23. The molecular formula is C20H24N2O5. The Morgan fingerprint density at radius 1 is 1.44 bits per heavy atom. The number of carboxylic acids is 1. The molecule has 2 fully saturated rings. The lowest BCUT2D eigenvalue weighted by Crippen LogP contribution is -2.46. The van der Waals surface area contributed by atoms with E-state index in [1.54, 1.807) is 7.11 Å². The Morgan fingerprint density at radius 2 is 2.26 bits per heavy atom. The van der Waals surface area contributed by atoms with Gasteiger partial charge in [0.15, 0.2) is 0 Å². The van der Waals surface area contributed by atoms with Gasteiger partial charge < -0.3 is 19.0 Å². The van der Waals surface area contributed by atoms with Crippen LogP contribution < -0.4 is 4.74 Å².